The second kappa shape index (κ2) is 20.1. The zero-order valence-corrected chi connectivity index (χ0v) is 36.4. The maximum Gasteiger partial charge on any atom is 0.241 e. The Bertz CT molecular complexity index is 2520. The smallest absolute Gasteiger partial charge is 0.241 e. The number of benzene rings is 5. The molecule has 3 heterocycles. The van der Waals surface area contributed by atoms with Crippen LogP contribution >= 0.6 is 0 Å². The van der Waals surface area contributed by atoms with Crippen LogP contribution < -0.4 is 14.9 Å². The van der Waals surface area contributed by atoms with E-state index in [2.05, 4.69) is 48.9 Å². The predicted molar refractivity (Wildman–Crippen MR) is 243 cm³/mol. The van der Waals surface area contributed by atoms with E-state index < -0.39 is 28.3 Å². The third-order valence-electron chi connectivity index (χ3n) is 11.9. The lowest BCUT2D eigenvalue weighted by Crippen LogP contribution is -2.51. The molecule has 0 bridgehead atoms. The Balaban J connectivity index is 0.946. The Hall–Kier alpha value is -5.80. The van der Waals surface area contributed by atoms with E-state index in [1.807, 2.05) is 104 Å². The topological polar surface area (TPSA) is 146 Å². The summed E-state index contributed by atoms with van der Waals surface area (Å²) in [6.45, 7) is 8.41. The summed E-state index contributed by atoms with van der Waals surface area (Å²) >= 11 is 0. The standard InChI is InChI=1S/C50H54N6O6S/c1-35-12-22-44(23-13-35)63(59,60)54-45(31-37-8-4-3-5-9-37)48(58)53-32-39-10-6-11-43(30-39)40-18-20-42(21-19-40)49-61-46(36(2)47(62-49)41-16-14-38(34-57)15-17-41)33-55-26-28-56(29-27-55)50-51-24-7-25-52-50/h3-25,30,36,45-47,49,54,57H,26-29,31-34H2,1-2H3,(H,53,58)/t36-,45-,46+,47+,49+/m1/s1. The minimum Gasteiger partial charge on any atom is -0.392 e. The number of piperazine rings is 1. The van der Waals surface area contributed by atoms with Crippen LogP contribution in [0.2, 0.25) is 0 Å². The number of nitrogens with zero attached hydrogens (tertiary/aromatic N) is 4. The summed E-state index contributed by atoms with van der Waals surface area (Å²) in [6.07, 6.45) is 2.81. The van der Waals surface area contributed by atoms with Gasteiger partial charge in [0.2, 0.25) is 21.9 Å². The largest absolute Gasteiger partial charge is 0.392 e. The van der Waals surface area contributed by atoms with Gasteiger partial charge in [-0.15, -0.1) is 0 Å². The molecule has 0 radical (unpaired) electrons. The van der Waals surface area contributed by atoms with E-state index in [4.69, 9.17) is 9.47 Å². The quantitative estimate of drug-likeness (QED) is 0.101. The van der Waals surface area contributed by atoms with Crippen LogP contribution in [-0.2, 0) is 43.9 Å². The van der Waals surface area contributed by atoms with Gasteiger partial charge in [-0.2, -0.15) is 4.72 Å². The van der Waals surface area contributed by atoms with Gasteiger partial charge in [-0.05, 0) is 71.0 Å². The van der Waals surface area contributed by atoms with Crippen molar-refractivity contribution in [3.05, 3.63) is 179 Å². The van der Waals surface area contributed by atoms with Crippen molar-refractivity contribution in [2.45, 2.75) is 62.9 Å². The van der Waals surface area contributed by atoms with Crippen molar-refractivity contribution in [3.63, 3.8) is 0 Å². The number of carbonyl (C=O) groups is 1. The minimum absolute atomic E-state index is 0.0201. The first-order valence-electron chi connectivity index (χ1n) is 21.5. The van der Waals surface area contributed by atoms with Gasteiger partial charge in [-0.1, -0.05) is 122 Å². The number of aromatic nitrogens is 2. The van der Waals surface area contributed by atoms with Crippen molar-refractivity contribution in [1.82, 2.24) is 24.9 Å². The summed E-state index contributed by atoms with van der Waals surface area (Å²) in [4.78, 5) is 27.4. The van der Waals surface area contributed by atoms with Crippen LogP contribution in [0.3, 0.4) is 0 Å². The molecule has 2 saturated heterocycles. The maximum atomic E-state index is 13.7. The molecule has 13 heteroatoms. The first-order valence-corrected chi connectivity index (χ1v) is 22.9. The second-order valence-electron chi connectivity index (χ2n) is 16.4. The Kier molecular flexibility index (Phi) is 14.0. The van der Waals surface area contributed by atoms with Crippen LogP contribution in [0.25, 0.3) is 11.1 Å². The molecule has 63 heavy (non-hydrogen) atoms. The number of anilines is 1. The lowest BCUT2D eigenvalue weighted by molar-refractivity contribution is -0.276. The number of hydrogen-bond acceptors (Lipinski definition) is 10. The van der Waals surface area contributed by atoms with Crippen LogP contribution in [0.5, 0.6) is 0 Å². The molecule has 6 aromatic rings. The van der Waals surface area contributed by atoms with E-state index in [9.17, 15) is 18.3 Å². The van der Waals surface area contributed by atoms with Gasteiger partial charge in [0.15, 0.2) is 6.29 Å². The zero-order chi connectivity index (χ0) is 43.8. The molecule has 0 saturated carbocycles. The Labute approximate surface area is 370 Å². The molecular formula is C50H54N6O6S. The first kappa shape index (κ1) is 43.8. The molecule has 5 aromatic carbocycles. The predicted octanol–water partition coefficient (Wildman–Crippen LogP) is 6.76. The fourth-order valence-electron chi connectivity index (χ4n) is 8.18. The molecule has 1 amide bonds. The van der Waals surface area contributed by atoms with Crippen LogP contribution in [0.1, 0.15) is 52.7 Å². The highest BCUT2D eigenvalue weighted by Crippen LogP contribution is 2.42. The molecule has 0 unspecified atom stereocenters. The van der Waals surface area contributed by atoms with Crippen LogP contribution in [0.4, 0.5) is 5.95 Å². The third kappa shape index (κ3) is 11.1. The summed E-state index contributed by atoms with van der Waals surface area (Å²) in [7, 11) is -3.97. The highest BCUT2D eigenvalue weighted by atomic mass is 32.2. The van der Waals surface area contributed by atoms with Crippen molar-refractivity contribution in [3.8, 4) is 11.1 Å². The normalized spacial score (nSPS) is 20.0. The van der Waals surface area contributed by atoms with Gasteiger partial charge in [0.05, 0.1) is 23.7 Å². The van der Waals surface area contributed by atoms with Crippen LogP contribution in [-0.4, -0.2) is 79.2 Å². The molecule has 2 aliphatic rings. The third-order valence-corrected chi connectivity index (χ3v) is 13.4. The number of amides is 1. The summed E-state index contributed by atoms with van der Waals surface area (Å²) in [5, 5.41) is 12.7. The number of aryl methyl sites for hydroxylation is 1. The number of rotatable bonds is 15. The first-order chi connectivity index (χ1) is 30.6. The maximum absolute atomic E-state index is 13.7. The summed E-state index contributed by atoms with van der Waals surface area (Å²) in [5.74, 6) is 0.392. The Morgan fingerprint density at radius 3 is 2.14 bits per heavy atom. The van der Waals surface area contributed by atoms with E-state index in [0.717, 1.165) is 83.2 Å². The number of ether oxygens (including phenoxy) is 2. The van der Waals surface area contributed by atoms with Crippen molar-refractivity contribution in [2.75, 3.05) is 37.6 Å². The highest BCUT2D eigenvalue weighted by Gasteiger charge is 2.39. The minimum atomic E-state index is -3.97. The van der Waals surface area contributed by atoms with Gasteiger partial charge in [0.1, 0.15) is 6.04 Å². The monoisotopic (exact) mass is 866 g/mol. The van der Waals surface area contributed by atoms with Crippen molar-refractivity contribution < 1.29 is 27.8 Å². The van der Waals surface area contributed by atoms with Gasteiger partial charge >= 0.3 is 0 Å². The fraction of sp³-hybridized carbons (Fsp3) is 0.300. The van der Waals surface area contributed by atoms with Crippen molar-refractivity contribution in [1.29, 1.82) is 0 Å². The van der Waals surface area contributed by atoms with Crippen LogP contribution in [0.15, 0.2) is 151 Å². The van der Waals surface area contributed by atoms with E-state index in [-0.39, 0.29) is 42.6 Å². The molecule has 2 fully saturated rings. The second-order valence-corrected chi connectivity index (χ2v) is 18.1. The molecule has 326 valence electrons. The molecule has 8 rings (SSSR count). The number of aliphatic hydroxyl groups excluding tert-OH is 1. The molecular weight excluding hydrogens is 813 g/mol. The van der Waals surface area contributed by atoms with Gasteiger partial charge in [-0.25, -0.2) is 18.4 Å². The molecule has 5 atom stereocenters. The van der Waals surface area contributed by atoms with Crippen LogP contribution in [0, 0.1) is 12.8 Å². The average molecular weight is 867 g/mol. The molecule has 1 aromatic heterocycles. The molecule has 2 aliphatic heterocycles. The molecule has 0 aliphatic carbocycles. The van der Waals surface area contributed by atoms with E-state index in [1.54, 1.807) is 36.7 Å². The number of nitrogens with one attached hydrogen (secondary N) is 2. The number of sulfonamides is 1. The van der Waals surface area contributed by atoms with Gasteiger partial charge < -0.3 is 24.8 Å². The fourth-order valence-corrected chi connectivity index (χ4v) is 9.38. The van der Waals surface area contributed by atoms with Gasteiger partial charge in [0, 0.05) is 63.1 Å². The summed E-state index contributed by atoms with van der Waals surface area (Å²) in [6, 6.07) is 40.8. The summed E-state index contributed by atoms with van der Waals surface area (Å²) in [5.41, 5.74) is 7.39. The summed E-state index contributed by atoms with van der Waals surface area (Å²) < 4.78 is 43.0. The molecule has 12 nitrogen and oxygen atoms in total. The lowest BCUT2D eigenvalue weighted by atomic mass is 9.89. The number of carbonyl (C=O) groups excluding carboxylic acids is 1. The van der Waals surface area contributed by atoms with Crippen molar-refractivity contribution >= 4 is 21.9 Å². The van der Waals surface area contributed by atoms with E-state index >= 15 is 0 Å². The van der Waals surface area contributed by atoms with E-state index in [0.29, 0.717) is 0 Å². The van der Waals surface area contributed by atoms with E-state index in [1.165, 1.54) is 0 Å². The molecule has 3 N–H and O–H groups in total. The lowest BCUT2D eigenvalue weighted by Gasteiger charge is -2.44. The Morgan fingerprint density at radius 2 is 1.44 bits per heavy atom. The average Bonchev–Trinajstić information content (AvgIpc) is 3.32. The zero-order valence-electron chi connectivity index (χ0n) is 35.6. The number of aliphatic hydroxyl groups is 1. The van der Waals surface area contributed by atoms with Gasteiger partial charge in [0.25, 0.3) is 0 Å². The Morgan fingerprint density at radius 1 is 0.762 bits per heavy atom. The highest BCUT2D eigenvalue weighted by molar-refractivity contribution is 7.89. The van der Waals surface area contributed by atoms with Crippen molar-refractivity contribution in [2.24, 2.45) is 5.92 Å². The SMILES string of the molecule is Cc1ccc(S(=O)(=O)N[C@H](Cc2ccccc2)C(=O)NCc2cccc(-c3ccc([C@H]4O[C@@H](CN5CCN(c6ncccn6)CC5)[C@@H](C)[C@@H](c5ccc(CO)cc5)O4)cc3)c2)cc1. The van der Waals surface area contributed by atoms with Gasteiger partial charge in [-0.3, -0.25) is 9.69 Å². The molecule has 0 spiro atoms. The number of hydrogen-bond donors (Lipinski definition) is 3.